The monoisotopic (exact) mass is 323 g/mol. The summed E-state index contributed by atoms with van der Waals surface area (Å²) in [5.41, 5.74) is 6.16. The lowest BCUT2D eigenvalue weighted by Gasteiger charge is -2.19. The molecule has 0 bridgehead atoms. The molecule has 0 spiro atoms. The number of pyridine rings is 1. The third kappa shape index (κ3) is 3.28. The second kappa shape index (κ2) is 5.45. The molecule has 7 nitrogen and oxygen atoms in total. The lowest BCUT2D eigenvalue weighted by atomic mass is 10.1. The Bertz CT molecular complexity index is 762. The normalized spacial score (nSPS) is 11.5. The van der Waals surface area contributed by atoms with Crippen LogP contribution in [0.3, 0.4) is 0 Å². The van der Waals surface area contributed by atoms with Crippen molar-refractivity contribution in [2.24, 2.45) is 0 Å². The van der Waals surface area contributed by atoms with E-state index < -0.39 is 17.7 Å². The van der Waals surface area contributed by atoms with Gasteiger partial charge in [-0.3, -0.25) is 5.32 Å². The molecule has 0 atom stereocenters. The highest BCUT2D eigenvalue weighted by Gasteiger charge is 2.20. The zero-order valence-electron chi connectivity index (χ0n) is 12.7. The van der Waals surface area contributed by atoms with Crippen LogP contribution < -0.4 is 11.1 Å². The summed E-state index contributed by atoms with van der Waals surface area (Å²) in [7, 11) is 0. The Balaban J connectivity index is 2.38. The summed E-state index contributed by atoms with van der Waals surface area (Å²) < 4.78 is 5.16. The zero-order chi connectivity index (χ0) is 16.7. The number of rotatable bonds is 2. The van der Waals surface area contributed by atoms with E-state index in [0.717, 1.165) is 16.9 Å². The van der Waals surface area contributed by atoms with Crippen molar-refractivity contribution in [2.75, 3.05) is 11.1 Å². The van der Waals surface area contributed by atoms with Crippen LogP contribution in [0.2, 0.25) is 0 Å². The molecule has 0 saturated heterocycles. The van der Waals surface area contributed by atoms with E-state index in [1.807, 2.05) is 0 Å². The molecular formula is C14H17N3O4S. The summed E-state index contributed by atoms with van der Waals surface area (Å²) >= 11 is 0.973. The van der Waals surface area contributed by atoms with Crippen LogP contribution in [0.25, 0.3) is 10.2 Å². The average Bonchev–Trinajstić information content (AvgIpc) is 2.64. The topological polar surface area (TPSA) is 115 Å². The molecule has 118 valence electrons. The van der Waals surface area contributed by atoms with Crippen LogP contribution in [0.15, 0.2) is 6.07 Å². The van der Waals surface area contributed by atoms with Crippen LogP contribution in [0.1, 0.15) is 36.0 Å². The predicted molar refractivity (Wildman–Crippen MR) is 85.6 cm³/mol. The van der Waals surface area contributed by atoms with Gasteiger partial charge in [-0.05, 0) is 39.3 Å². The number of carboxylic acids is 1. The summed E-state index contributed by atoms with van der Waals surface area (Å²) in [6.45, 7) is 7.05. The fourth-order valence-electron chi connectivity index (χ4n) is 1.94. The van der Waals surface area contributed by atoms with Crippen molar-refractivity contribution < 1.29 is 19.4 Å². The van der Waals surface area contributed by atoms with Crippen molar-refractivity contribution in [3.05, 3.63) is 16.5 Å². The predicted octanol–water partition coefficient (Wildman–Crippen LogP) is 3.23. The summed E-state index contributed by atoms with van der Waals surface area (Å²) in [4.78, 5) is 27.6. The van der Waals surface area contributed by atoms with E-state index in [1.54, 1.807) is 33.8 Å². The number of aromatic carboxylic acids is 1. The first-order valence-electron chi connectivity index (χ1n) is 6.51. The summed E-state index contributed by atoms with van der Waals surface area (Å²) in [5, 5.41) is 12.2. The molecular weight excluding hydrogens is 306 g/mol. The van der Waals surface area contributed by atoms with Gasteiger partial charge in [-0.15, -0.1) is 11.3 Å². The first-order valence-corrected chi connectivity index (χ1v) is 7.33. The van der Waals surface area contributed by atoms with Crippen molar-refractivity contribution in [2.45, 2.75) is 33.3 Å². The lowest BCUT2D eigenvalue weighted by Crippen LogP contribution is -2.27. The molecule has 0 aliphatic carbocycles. The van der Waals surface area contributed by atoms with Crippen LogP contribution in [-0.4, -0.2) is 27.8 Å². The Labute approximate surface area is 131 Å². The SMILES string of the molecule is Cc1cc(NC(=O)OC(C)(C)C)nc2sc(C(=O)O)c(N)c12. The molecule has 0 radical (unpaired) electrons. The number of nitrogens with two attached hydrogens (primary N) is 1. The first kappa shape index (κ1) is 16.0. The van der Waals surface area contributed by atoms with Gasteiger partial charge >= 0.3 is 12.1 Å². The third-order valence-electron chi connectivity index (χ3n) is 2.72. The van der Waals surface area contributed by atoms with Crippen molar-refractivity contribution in [3.8, 4) is 0 Å². The number of amides is 1. The first-order chi connectivity index (χ1) is 10.1. The second-order valence-corrected chi connectivity index (χ2v) is 6.78. The smallest absolute Gasteiger partial charge is 0.413 e. The second-order valence-electron chi connectivity index (χ2n) is 5.78. The number of aryl methyl sites for hydroxylation is 1. The number of nitrogens with one attached hydrogen (secondary N) is 1. The number of hydrogen-bond acceptors (Lipinski definition) is 6. The molecule has 0 aliphatic heterocycles. The average molecular weight is 323 g/mol. The van der Waals surface area contributed by atoms with Crippen molar-refractivity contribution in [1.82, 2.24) is 4.98 Å². The molecule has 0 aliphatic rings. The zero-order valence-corrected chi connectivity index (χ0v) is 13.5. The number of anilines is 2. The fraction of sp³-hybridized carbons (Fsp3) is 0.357. The third-order valence-corrected chi connectivity index (χ3v) is 3.81. The number of hydrogen-bond donors (Lipinski definition) is 3. The highest BCUT2D eigenvalue weighted by atomic mass is 32.1. The lowest BCUT2D eigenvalue weighted by molar-refractivity contribution is 0.0633. The minimum Gasteiger partial charge on any atom is -0.477 e. The van der Waals surface area contributed by atoms with Gasteiger partial charge in [0.2, 0.25) is 0 Å². The van der Waals surface area contributed by atoms with Crippen LogP contribution >= 0.6 is 11.3 Å². The van der Waals surface area contributed by atoms with E-state index in [0.29, 0.717) is 10.2 Å². The van der Waals surface area contributed by atoms with Crippen LogP contribution in [0.4, 0.5) is 16.3 Å². The van der Waals surface area contributed by atoms with Crippen LogP contribution in [0.5, 0.6) is 0 Å². The van der Waals surface area contributed by atoms with Gasteiger partial charge in [-0.2, -0.15) is 0 Å². The Hall–Kier alpha value is -2.35. The molecule has 1 amide bonds. The number of nitrogens with zero attached hydrogens (tertiary/aromatic N) is 1. The molecule has 0 aromatic carbocycles. The van der Waals surface area contributed by atoms with Crippen molar-refractivity contribution in [1.29, 1.82) is 0 Å². The van der Waals surface area contributed by atoms with Gasteiger partial charge in [-0.25, -0.2) is 14.6 Å². The van der Waals surface area contributed by atoms with E-state index in [-0.39, 0.29) is 16.4 Å². The molecule has 0 saturated carbocycles. The van der Waals surface area contributed by atoms with E-state index in [9.17, 15) is 9.59 Å². The molecule has 2 rings (SSSR count). The fourth-order valence-corrected chi connectivity index (χ4v) is 2.95. The maximum atomic E-state index is 11.8. The van der Waals surface area contributed by atoms with Gasteiger partial charge in [0.15, 0.2) is 0 Å². The quantitative estimate of drug-likeness (QED) is 0.781. The summed E-state index contributed by atoms with van der Waals surface area (Å²) in [6, 6.07) is 1.63. The van der Waals surface area contributed by atoms with Gasteiger partial charge in [0.05, 0.1) is 5.69 Å². The number of fused-ring (bicyclic) bond motifs is 1. The molecule has 22 heavy (non-hydrogen) atoms. The van der Waals surface area contributed by atoms with Gasteiger partial charge in [0, 0.05) is 5.39 Å². The number of carbonyl (C=O) groups is 2. The number of thiophene rings is 1. The summed E-state index contributed by atoms with van der Waals surface area (Å²) in [6.07, 6.45) is -0.623. The minimum atomic E-state index is -1.10. The highest BCUT2D eigenvalue weighted by Crippen LogP contribution is 2.35. The summed E-state index contributed by atoms with van der Waals surface area (Å²) in [5.74, 6) is -0.806. The number of nitrogen functional groups attached to an aromatic ring is 1. The molecule has 0 unspecified atom stereocenters. The van der Waals surface area contributed by atoms with Crippen molar-refractivity contribution in [3.63, 3.8) is 0 Å². The minimum absolute atomic E-state index is 0.0417. The van der Waals surface area contributed by atoms with Gasteiger partial charge < -0.3 is 15.6 Å². The Morgan fingerprint density at radius 3 is 2.59 bits per heavy atom. The maximum Gasteiger partial charge on any atom is 0.413 e. The molecule has 2 aromatic rings. The number of aromatic nitrogens is 1. The van der Waals surface area contributed by atoms with Gasteiger partial charge in [0.25, 0.3) is 0 Å². The largest absolute Gasteiger partial charge is 0.477 e. The van der Waals surface area contributed by atoms with E-state index in [2.05, 4.69) is 10.3 Å². The Kier molecular flexibility index (Phi) is 3.97. The molecule has 2 heterocycles. The van der Waals surface area contributed by atoms with E-state index in [1.165, 1.54) is 0 Å². The highest BCUT2D eigenvalue weighted by molar-refractivity contribution is 7.21. The van der Waals surface area contributed by atoms with Gasteiger partial charge in [0.1, 0.15) is 21.1 Å². The maximum absolute atomic E-state index is 11.8. The Morgan fingerprint density at radius 2 is 2.05 bits per heavy atom. The van der Waals surface area contributed by atoms with Gasteiger partial charge in [-0.1, -0.05) is 0 Å². The van der Waals surface area contributed by atoms with Crippen LogP contribution in [0, 0.1) is 6.92 Å². The number of carbonyl (C=O) groups excluding carboxylic acids is 1. The number of carboxylic acid groups (broad SMARTS) is 1. The molecule has 0 fully saturated rings. The number of ether oxygens (including phenoxy) is 1. The standard InChI is InChI=1S/C14H17N3O4S/c1-6-5-7(17-13(20)21-14(2,3)4)16-11-8(6)9(15)10(22-11)12(18)19/h5H,15H2,1-4H3,(H,18,19)(H,16,17,20). The molecule has 2 aromatic heterocycles. The van der Waals surface area contributed by atoms with E-state index in [4.69, 9.17) is 15.6 Å². The molecule has 8 heteroatoms. The van der Waals surface area contributed by atoms with Crippen LogP contribution in [-0.2, 0) is 4.74 Å². The Morgan fingerprint density at radius 1 is 1.41 bits per heavy atom. The van der Waals surface area contributed by atoms with E-state index >= 15 is 0 Å². The van der Waals surface area contributed by atoms with Crippen molar-refractivity contribution >= 4 is 45.1 Å². The molecule has 4 N–H and O–H groups in total.